The number of nitrogens with zero attached hydrogens (tertiary/aromatic N) is 3. The highest BCUT2D eigenvalue weighted by molar-refractivity contribution is 5.77. The third-order valence-electron chi connectivity index (χ3n) is 4.74. The van der Waals surface area contributed by atoms with E-state index >= 15 is 0 Å². The smallest absolute Gasteiger partial charge is 0.220 e. The van der Waals surface area contributed by atoms with Crippen molar-refractivity contribution >= 4 is 11.6 Å². The van der Waals surface area contributed by atoms with Crippen LogP contribution in [-0.4, -0.2) is 26.2 Å². The quantitative estimate of drug-likeness (QED) is 0.865. The van der Waals surface area contributed by atoms with Crippen LogP contribution < -0.4 is 11.1 Å². The maximum Gasteiger partial charge on any atom is 0.220 e. The molecule has 1 amide bonds. The zero-order chi connectivity index (χ0) is 15.4. The number of hydrogen-bond donors (Lipinski definition) is 2. The van der Waals surface area contributed by atoms with Crippen LogP contribution in [0.15, 0.2) is 18.5 Å². The topological polar surface area (TPSA) is 85.3 Å². The number of carbonyl (C=O) groups is 1. The van der Waals surface area contributed by atoms with Gasteiger partial charge in [-0.3, -0.25) is 4.79 Å². The van der Waals surface area contributed by atoms with Crippen LogP contribution in [0.3, 0.4) is 0 Å². The number of nitrogens with one attached hydrogen (secondary N) is 1. The Bertz CT molecular complexity index is 736. The number of aromatic nitrogens is 3. The molecule has 0 spiro atoms. The fourth-order valence-corrected chi connectivity index (χ4v) is 3.81. The number of rotatable bonds is 5. The fourth-order valence-electron chi connectivity index (χ4n) is 3.81. The summed E-state index contributed by atoms with van der Waals surface area (Å²) >= 11 is 0. The van der Waals surface area contributed by atoms with Gasteiger partial charge in [0.15, 0.2) is 5.65 Å². The van der Waals surface area contributed by atoms with Crippen molar-refractivity contribution in [1.29, 1.82) is 0 Å². The summed E-state index contributed by atoms with van der Waals surface area (Å²) in [5.74, 6) is -0.0207. The molecule has 0 saturated heterocycles. The van der Waals surface area contributed by atoms with E-state index < -0.39 is 5.67 Å². The van der Waals surface area contributed by atoms with Crippen LogP contribution in [0.2, 0.25) is 0 Å². The number of imidazole rings is 1. The van der Waals surface area contributed by atoms with E-state index in [1.165, 1.54) is 0 Å². The summed E-state index contributed by atoms with van der Waals surface area (Å²) in [4.78, 5) is 16.3. The van der Waals surface area contributed by atoms with Gasteiger partial charge in [0.05, 0.1) is 18.1 Å². The zero-order valence-electron chi connectivity index (χ0n) is 12.2. The van der Waals surface area contributed by atoms with E-state index in [0.717, 1.165) is 11.3 Å². The minimum Gasteiger partial charge on any atom is -0.352 e. The van der Waals surface area contributed by atoms with Crippen molar-refractivity contribution in [2.24, 2.45) is 11.1 Å². The van der Waals surface area contributed by atoms with Gasteiger partial charge in [0.25, 0.3) is 0 Å². The largest absolute Gasteiger partial charge is 0.352 e. The minimum atomic E-state index is -0.948. The van der Waals surface area contributed by atoms with E-state index in [9.17, 15) is 9.18 Å². The maximum absolute atomic E-state index is 13.4. The Balaban J connectivity index is 1.36. The SMILES string of the molecule is NCc1cn2ncc(CNC(=O)C[C@]34C[C@@](F)(C3)C4)cc2n1. The Labute approximate surface area is 126 Å². The van der Waals surface area contributed by atoms with Crippen molar-refractivity contribution in [2.75, 3.05) is 0 Å². The second-order valence-electron chi connectivity index (χ2n) is 6.74. The number of fused-ring (bicyclic) bond motifs is 1. The summed E-state index contributed by atoms with van der Waals surface area (Å²) < 4.78 is 15.1. The van der Waals surface area contributed by atoms with E-state index in [2.05, 4.69) is 15.4 Å². The number of carbonyl (C=O) groups excluding carboxylic acids is 1. The monoisotopic (exact) mass is 303 g/mol. The van der Waals surface area contributed by atoms with Gasteiger partial charge in [-0.2, -0.15) is 5.10 Å². The van der Waals surface area contributed by atoms with Crippen molar-refractivity contribution in [3.05, 3.63) is 29.7 Å². The van der Waals surface area contributed by atoms with Crippen molar-refractivity contribution < 1.29 is 9.18 Å². The molecule has 3 N–H and O–H groups in total. The summed E-state index contributed by atoms with van der Waals surface area (Å²) in [6.45, 7) is 0.775. The molecule has 22 heavy (non-hydrogen) atoms. The summed E-state index contributed by atoms with van der Waals surface area (Å²) in [5, 5.41) is 7.13. The summed E-state index contributed by atoms with van der Waals surface area (Å²) in [5.41, 5.74) is 6.92. The van der Waals surface area contributed by atoms with Crippen LogP contribution in [0.25, 0.3) is 5.65 Å². The number of halogens is 1. The Hall–Kier alpha value is -2.02. The lowest BCUT2D eigenvalue weighted by Crippen LogP contribution is -2.65. The lowest BCUT2D eigenvalue weighted by molar-refractivity contribution is -0.215. The Morgan fingerprint density at radius 1 is 1.45 bits per heavy atom. The van der Waals surface area contributed by atoms with Gasteiger partial charge >= 0.3 is 0 Å². The molecule has 0 radical (unpaired) electrons. The molecule has 2 aromatic rings. The van der Waals surface area contributed by atoms with Gasteiger partial charge in [0.1, 0.15) is 5.67 Å². The standard InChI is InChI=1S/C15H18FN5O/c16-15-7-14(8-15,9-15)2-13(22)18-4-10-1-12-20-11(3-17)6-21(12)19-5-10/h1,5-6H,2-4,7-9,17H2,(H,18,22)/t14-,15+. The average molecular weight is 303 g/mol. The van der Waals surface area contributed by atoms with Gasteiger partial charge in [0, 0.05) is 19.5 Å². The molecule has 6 nitrogen and oxygen atoms in total. The summed E-state index contributed by atoms with van der Waals surface area (Å²) in [6, 6.07) is 1.88. The van der Waals surface area contributed by atoms with Crippen LogP contribution >= 0.6 is 0 Å². The molecule has 3 saturated carbocycles. The lowest BCUT2D eigenvalue weighted by atomic mass is 9.41. The molecular weight excluding hydrogens is 285 g/mol. The molecule has 116 valence electrons. The predicted molar refractivity (Wildman–Crippen MR) is 77.5 cm³/mol. The molecule has 5 rings (SSSR count). The van der Waals surface area contributed by atoms with Crippen LogP contribution in [-0.2, 0) is 17.9 Å². The first kappa shape index (κ1) is 13.6. The highest BCUT2D eigenvalue weighted by atomic mass is 19.1. The van der Waals surface area contributed by atoms with Crippen molar-refractivity contribution in [3.63, 3.8) is 0 Å². The second-order valence-corrected chi connectivity index (χ2v) is 6.74. The van der Waals surface area contributed by atoms with Gasteiger partial charge < -0.3 is 11.1 Å². The molecule has 0 unspecified atom stereocenters. The third kappa shape index (κ3) is 2.16. The van der Waals surface area contributed by atoms with E-state index in [4.69, 9.17) is 5.73 Å². The molecule has 7 heteroatoms. The van der Waals surface area contributed by atoms with Crippen LogP contribution in [0.1, 0.15) is 36.9 Å². The number of alkyl halides is 1. The molecule has 0 aromatic carbocycles. The Morgan fingerprint density at radius 2 is 2.23 bits per heavy atom. The second kappa shape index (κ2) is 4.49. The van der Waals surface area contributed by atoms with E-state index in [0.29, 0.717) is 44.4 Å². The minimum absolute atomic E-state index is 0.0207. The van der Waals surface area contributed by atoms with Crippen molar-refractivity contribution in [2.45, 2.75) is 44.4 Å². The molecule has 3 aliphatic rings. The highest BCUT2D eigenvalue weighted by Crippen LogP contribution is 2.71. The normalized spacial score (nSPS) is 29.0. The Morgan fingerprint density at radius 3 is 2.91 bits per heavy atom. The maximum atomic E-state index is 13.4. The fraction of sp³-hybridized carbons (Fsp3) is 0.533. The molecule has 0 atom stereocenters. The van der Waals surface area contributed by atoms with Gasteiger partial charge in [0.2, 0.25) is 5.91 Å². The van der Waals surface area contributed by atoms with Crippen LogP contribution in [0.5, 0.6) is 0 Å². The van der Waals surface area contributed by atoms with E-state index in [1.807, 2.05) is 6.07 Å². The number of nitrogens with two attached hydrogens (primary N) is 1. The van der Waals surface area contributed by atoms with Gasteiger partial charge in [-0.25, -0.2) is 13.9 Å². The van der Waals surface area contributed by atoms with E-state index in [1.54, 1.807) is 16.9 Å². The first-order valence-corrected chi connectivity index (χ1v) is 7.48. The predicted octanol–water partition coefficient (Wildman–Crippen LogP) is 1.09. The van der Waals surface area contributed by atoms with Gasteiger partial charge in [-0.05, 0) is 36.3 Å². The first-order chi connectivity index (χ1) is 10.5. The molecule has 2 aromatic heterocycles. The zero-order valence-corrected chi connectivity index (χ0v) is 12.2. The van der Waals surface area contributed by atoms with Crippen molar-refractivity contribution in [1.82, 2.24) is 19.9 Å². The van der Waals surface area contributed by atoms with Gasteiger partial charge in [-0.1, -0.05) is 0 Å². The molecule has 3 fully saturated rings. The number of hydrogen-bond acceptors (Lipinski definition) is 4. The molecule has 2 heterocycles. The average Bonchev–Trinajstić information content (AvgIpc) is 2.84. The summed E-state index contributed by atoms with van der Waals surface area (Å²) in [6.07, 6.45) is 5.57. The highest BCUT2D eigenvalue weighted by Gasteiger charge is 2.69. The molecule has 3 aliphatic carbocycles. The lowest BCUT2D eigenvalue weighted by Gasteiger charge is -2.65. The first-order valence-electron chi connectivity index (χ1n) is 7.48. The van der Waals surface area contributed by atoms with E-state index in [-0.39, 0.29) is 11.3 Å². The molecule has 2 bridgehead atoms. The van der Waals surface area contributed by atoms with Crippen molar-refractivity contribution in [3.8, 4) is 0 Å². The van der Waals surface area contributed by atoms with Crippen LogP contribution in [0, 0.1) is 5.41 Å². The Kier molecular flexibility index (Phi) is 2.78. The molecular formula is C15H18FN5O. The third-order valence-corrected chi connectivity index (χ3v) is 4.74. The van der Waals surface area contributed by atoms with Gasteiger partial charge in [-0.15, -0.1) is 0 Å². The summed E-state index contributed by atoms with van der Waals surface area (Å²) in [7, 11) is 0. The number of amides is 1. The molecule has 0 aliphatic heterocycles. The van der Waals surface area contributed by atoms with Crippen LogP contribution in [0.4, 0.5) is 4.39 Å².